The zero-order valence-corrected chi connectivity index (χ0v) is 22.6. The smallest absolute Gasteiger partial charge is 0.261 e. The number of nitrogens with zero attached hydrogens (tertiary/aromatic N) is 1. The van der Waals surface area contributed by atoms with Crippen LogP contribution < -0.4 is 30.6 Å². The van der Waals surface area contributed by atoms with Gasteiger partial charge in [0.25, 0.3) is 5.17 Å². The van der Waals surface area contributed by atoms with E-state index in [2.05, 4.69) is 22.8 Å². The lowest BCUT2D eigenvalue weighted by Crippen LogP contribution is -2.13. The minimum absolute atomic E-state index is 0.187. The molecule has 0 saturated carbocycles. The molecule has 5 aromatic rings. The number of fused-ring (bicyclic) bond motifs is 2. The van der Waals surface area contributed by atoms with E-state index in [1.165, 1.54) is 0 Å². The van der Waals surface area contributed by atoms with Crippen molar-refractivity contribution >= 4 is 61.9 Å². The highest BCUT2D eigenvalue weighted by atomic mass is 32.1. The molecule has 0 fully saturated rings. The maximum Gasteiger partial charge on any atom is 0.261 e. The molecule has 0 spiro atoms. The molecule has 0 aliphatic rings. The third-order valence-corrected chi connectivity index (χ3v) is 6.37. The first-order valence-corrected chi connectivity index (χ1v) is 12.6. The Bertz CT molecular complexity index is 1600. The number of pyridine rings is 1. The molecule has 4 aromatic carbocycles. The van der Waals surface area contributed by atoms with Gasteiger partial charge in [0.15, 0.2) is 11.5 Å². The molecule has 1 heterocycles. The van der Waals surface area contributed by atoms with Crippen LogP contribution in [0.4, 0.5) is 22.7 Å². The summed E-state index contributed by atoms with van der Waals surface area (Å²) in [5, 5.41) is 8.86. The topological polar surface area (TPSA) is 99.9 Å². The predicted octanol–water partition coefficient (Wildman–Crippen LogP) is 6.65. The lowest BCUT2D eigenvalue weighted by atomic mass is 10.1. The van der Waals surface area contributed by atoms with Crippen molar-refractivity contribution in [3.05, 3.63) is 84.4 Å². The van der Waals surface area contributed by atoms with Gasteiger partial charge in [-0.15, -0.1) is 0 Å². The molecule has 1 aromatic heterocycles. The molecule has 39 heavy (non-hydrogen) atoms. The SMILES string of the molecule is COc1cc(NC(=S)OCc2cc(N)cc(Nc3c4ccccc4nc4ccccc34)c2)cc(OC)c1OC. The highest BCUT2D eigenvalue weighted by Gasteiger charge is 2.14. The Kier molecular flexibility index (Phi) is 7.51. The number of methoxy groups -OCH3 is 3. The van der Waals surface area contributed by atoms with E-state index in [9.17, 15) is 0 Å². The molecule has 4 N–H and O–H groups in total. The van der Waals surface area contributed by atoms with Crippen LogP contribution in [0.3, 0.4) is 0 Å². The first kappa shape index (κ1) is 25.9. The normalized spacial score (nSPS) is 10.7. The van der Waals surface area contributed by atoms with Crippen molar-refractivity contribution in [2.24, 2.45) is 0 Å². The molecule has 0 aliphatic carbocycles. The van der Waals surface area contributed by atoms with Crippen molar-refractivity contribution in [2.45, 2.75) is 6.61 Å². The van der Waals surface area contributed by atoms with Gasteiger partial charge in [0.2, 0.25) is 5.75 Å². The Morgan fingerprint density at radius 2 is 1.41 bits per heavy atom. The minimum atomic E-state index is 0.187. The highest BCUT2D eigenvalue weighted by Crippen LogP contribution is 2.40. The Balaban J connectivity index is 1.35. The second-order valence-electron chi connectivity index (χ2n) is 8.72. The molecule has 8 nitrogen and oxygen atoms in total. The number of hydrogen-bond acceptors (Lipinski definition) is 8. The molecule has 0 unspecified atom stereocenters. The van der Waals surface area contributed by atoms with Gasteiger partial charge in [0.1, 0.15) is 6.61 Å². The minimum Gasteiger partial charge on any atom is -0.493 e. The molecule has 0 amide bonds. The summed E-state index contributed by atoms with van der Waals surface area (Å²) in [7, 11) is 4.66. The van der Waals surface area contributed by atoms with Gasteiger partial charge in [-0.3, -0.25) is 0 Å². The van der Waals surface area contributed by atoms with E-state index in [1.54, 1.807) is 33.5 Å². The van der Waals surface area contributed by atoms with Gasteiger partial charge in [0.05, 0.1) is 38.1 Å². The van der Waals surface area contributed by atoms with E-state index in [1.807, 2.05) is 54.6 Å². The number of thiocarbonyl (C=S) groups is 1. The summed E-state index contributed by atoms with van der Waals surface area (Å²) in [4.78, 5) is 4.80. The van der Waals surface area contributed by atoms with E-state index >= 15 is 0 Å². The van der Waals surface area contributed by atoms with Crippen LogP contribution in [0.5, 0.6) is 17.2 Å². The maximum absolute atomic E-state index is 6.26. The van der Waals surface area contributed by atoms with Crippen molar-refractivity contribution in [3.63, 3.8) is 0 Å². The summed E-state index contributed by atoms with van der Waals surface area (Å²) in [6.07, 6.45) is 0. The van der Waals surface area contributed by atoms with E-state index in [4.69, 9.17) is 41.9 Å². The van der Waals surface area contributed by atoms with E-state index < -0.39 is 0 Å². The average Bonchev–Trinajstić information content (AvgIpc) is 2.95. The Morgan fingerprint density at radius 1 is 0.795 bits per heavy atom. The van der Waals surface area contributed by atoms with Crippen LogP contribution in [0.25, 0.3) is 21.8 Å². The maximum atomic E-state index is 6.26. The molecule has 5 rings (SSSR count). The molecule has 0 bridgehead atoms. The van der Waals surface area contributed by atoms with Crippen LogP contribution in [0.15, 0.2) is 78.9 Å². The fourth-order valence-corrected chi connectivity index (χ4v) is 4.63. The largest absolute Gasteiger partial charge is 0.493 e. The number of para-hydroxylation sites is 2. The number of rotatable bonds is 8. The molecular weight excluding hydrogens is 512 g/mol. The second kappa shape index (κ2) is 11.3. The van der Waals surface area contributed by atoms with Gasteiger partial charge in [0, 0.05) is 40.0 Å². The van der Waals surface area contributed by atoms with Gasteiger partial charge >= 0.3 is 0 Å². The third kappa shape index (κ3) is 5.58. The molecule has 0 atom stereocenters. The molecule has 9 heteroatoms. The Labute approximate surface area is 231 Å². The number of anilines is 4. The van der Waals surface area contributed by atoms with E-state index in [0.717, 1.165) is 38.7 Å². The Hall–Kier alpha value is -4.76. The van der Waals surface area contributed by atoms with Crippen LogP contribution >= 0.6 is 12.2 Å². The van der Waals surface area contributed by atoms with Gasteiger partial charge in [-0.2, -0.15) is 0 Å². The summed E-state index contributed by atoms with van der Waals surface area (Å²) in [6.45, 7) is 0.216. The first-order valence-electron chi connectivity index (χ1n) is 12.2. The predicted molar refractivity (Wildman–Crippen MR) is 160 cm³/mol. The van der Waals surface area contributed by atoms with Crippen molar-refractivity contribution < 1.29 is 18.9 Å². The number of ether oxygens (including phenoxy) is 4. The summed E-state index contributed by atoms with van der Waals surface area (Å²) in [6, 6.07) is 25.3. The van der Waals surface area contributed by atoms with Gasteiger partial charge in [-0.25, -0.2) is 4.98 Å². The fourth-order valence-electron chi connectivity index (χ4n) is 4.45. The number of nitrogens with two attached hydrogens (primary N) is 1. The standard InChI is InChI=1S/C30H28N4O4S/c1-35-26-15-21(16-27(36-2)29(26)37-3)33-30(39)38-17-18-12-19(31)14-20(13-18)32-28-22-8-4-6-10-24(22)34-25-11-7-5-9-23(25)28/h4-16H,17,31H2,1-3H3,(H,32,34)(H,33,39). The number of nitrogen functional groups attached to an aromatic ring is 1. The second-order valence-corrected chi connectivity index (χ2v) is 9.10. The van der Waals surface area contributed by atoms with Gasteiger partial charge in [-0.1, -0.05) is 36.4 Å². The zero-order valence-electron chi connectivity index (χ0n) is 21.8. The Morgan fingerprint density at radius 3 is 2.00 bits per heavy atom. The quantitative estimate of drug-likeness (QED) is 0.113. The fraction of sp³-hybridized carbons (Fsp3) is 0.133. The first-order chi connectivity index (χ1) is 19.0. The zero-order chi connectivity index (χ0) is 27.4. The summed E-state index contributed by atoms with van der Waals surface area (Å²) < 4.78 is 22.0. The highest BCUT2D eigenvalue weighted by molar-refractivity contribution is 7.80. The van der Waals surface area contributed by atoms with Crippen molar-refractivity contribution in [1.82, 2.24) is 4.98 Å². The van der Waals surface area contributed by atoms with Crippen molar-refractivity contribution in [1.29, 1.82) is 0 Å². The van der Waals surface area contributed by atoms with Gasteiger partial charge in [-0.05, 0) is 48.1 Å². The van der Waals surface area contributed by atoms with Crippen LogP contribution in [0.1, 0.15) is 5.56 Å². The molecular formula is C30H28N4O4S. The molecule has 0 saturated heterocycles. The summed E-state index contributed by atoms with van der Waals surface area (Å²) in [5.74, 6) is 1.50. The number of benzene rings is 4. The summed E-state index contributed by atoms with van der Waals surface area (Å²) in [5.41, 5.74) is 12.0. The average molecular weight is 541 g/mol. The lowest BCUT2D eigenvalue weighted by Gasteiger charge is -2.16. The molecule has 0 radical (unpaired) electrons. The van der Waals surface area contributed by atoms with Crippen LogP contribution in [0, 0.1) is 0 Å². The third-order valence-electron chi connectivity index (χ3n) is 6.15. The van der Waals surface area contributed by atoms with E-state index in [0.29, 0.717) is 28.6 Å². The van der Waals surface area contributed by atoms with Crippen molar-refractivity contribution in [2.75, 3.05) is 37.7 Å². The van der Waals surface area contributed by atoms with Crippen molar-refractivity contribution in [3.8, 4) is 17.2 Å². The van der Waals surface area contributed by atoms with Gasteiger partial charge < -0.3 is 35.3 Å². The summed E-state index contributed by atoms with van der Waals surface area (Å²) >= 11 is 5.43. The van der Waals surface area contributed by atoms with Crippen LogP contribution in [0.2, 0.25) is 0 Å². The van der Waals surface area contributed by atoms with E-state index in [-0.39, 0.29) is 11.8 Å². The molecule has 0 aliphatic heterocycles. The number of nitrogens with one attached hydrogen (secondary N) is 2. The number of hydrogen-bond donors (Lipinski definition) is 3. The number of aromatic nitrogens is 1. The monoisotopic (exact) mass is 540 g/mol. The van der Waals surface area contributed by atoms with Crippen LogP contribution in [-0.4, -0.2) is 31.5 Å². The molecule has 198 valence electrons. The van der Waals surface area contributed by atoms with Crippen LogP contribution in [-0.2, 0) is 11.3 Å². The lowest BCUT2D eigenvalue weighted by molar-refractivity contribution is 0.300.